The van der Waals surface area contributed by atoms with Crippen LogP contribution >= 0.6 is 27.3 Å². The van der Waals surface area contributed by atoms with Gasteiger partial charge in [0, 0.05) is 30.6 Å². The largest absolute Gasteiger partial charge is 0.309 e. The fourth-order valence-electron chi connectivity index (χ4n) is 2.18. The lowest BCUT2D eigenvalue weighted by Crippen LogP contribution is -2.34. The molecule has 0 spiro atoms. The Bertz CT molecular complexity index is 582. The normalized spacial score (nSPS) is 17.4. The lowest BCUT2D eigenvalue weighted by molar-refractivity contribution is 0.368. The molecule has 2 rings (SSSR count). The third kappa shape index (κ3) is 4.28. The number of thiophene rings is 1. The van der Waals surface area contributed by atoms with Gasteiger partial charge in [-0.25, -0.2) is 8.42 Å². The molecule has 1 fully saturated rings. The molecule has 1 atom stereocenters. The van der Waals surface area contributed by atoms with Gasteiger partial charge >= 0.3 is 0 Å². The maximum absolute atomic E-state index is 12.7. The van der Waals surface area contributed by atoms with E-state index in [2.05, 4.69) is 28.2 Å². The highest BCUT2D eigenvalue weighted by Gasteiger charge is 2.29. The second-order valence-corrected chi connectivity index (χ2v) is 10.1. The number of nitrogens with zero attached hydrogens (tertiary/aromatic N) is 1. The highest BCUT2D eigenvalue weighted by Crippen LogP contribution is 2.34. The molecular formula is C14H23BrN2O2S2. The maximum Gasteiger partial charge on any atom is 0.245 e. The Balaban J connectivity index is 2.14. The zero-order chi connectivity index (χ0) is 15.6. The zero-order valence-electron chi connectivity index (χ0n) is 12.7. The van der Waals surface area contributed by atoms with Crippen LogP contribution in [0, 0.1) is 0 Å². The summed E-state index contributed by atoms with van der Waals surface area (Å²) in [6.45, 7) is 4.77. The van der Waals surface area contributed by atoms with Gasteiger partial charge in [0.1, 0.15) is 4.90 Å². The SMILES string of the molecule is CCCC(C)N(C)S(=O)(=O)c1cc(CNC2CC2)sc1Br. The summed E-state index contributed by atoms with van der Waals surface area (Å²) in [5.41, 5.74) is 0. The third-order valence-corrected chi connectivity index (χ3v) is 8.06. The minimum atomic E-state index is -3.42. The summed E-state index contributed by atoms with van der Waals surface area (Å²) in [4.78, 5) is 1.45. The predicted octanol–water partition coefficient (Wildman–Crippen LogP) is 3.57. The molecule has 1 saturated carbocycles. The van der Waals surface area contributed by atoms with Crippen LogP contribution in [0.5, 0.6) is 0 Å². The van der Waals surface area contributed by atoms with Crippen molar-refractivity contribution in [2.45, 2.75) is 63.1 Å². The summed E-state index contributed by atoms with van der Waals surface area (Å²) >= 11 is 4.92. The van der Waals surface area contributed by atoms with Crippen molar-refractivity contribution in [1.29, 1.82) is 0 Å². The molecule has 4 nitrogen and oxygen atoms in total. The van der Waals surface area contributed by atoms with E-state index in [0.717, 1.165) is 24.3 Å². The molecule has 1 heterocycles. The monoisotopic (exact) mass is 394 g/mol. The first-order valence-corrected chi connectivity index (χ1v) is 10.4. The molecule has 0 aliphatic heterocycles. The minimum absolute atomic E-state index is 0.0137. The molecule has 0 saturated heterocycles. The van der Waals surface area contributed by atoms with Crippen molar-refractivity contribution in [2.75, 3.05) is 7.05 Å². The number of hydrogen-bond donors (Lipinski definition) is 1. The molecule has 1 aromatic heterocycles. The Morgan fingerprint density at radius 2 is 2.19 bits per heavy atom. The molecule has 0 bridgehead atoms. The smallest absolute Gasteiger partial charge is 0.245 e. The average Bonchev–Trinajstić information content (AvgIpc) is 3.18. The molecule has 1 aliphatic rings. The van der Waals surface area contributed by atoms with Crippen molar-refractivity contribution in [2.24, 2.45) is 0 Å². The number of hydrogen-bond acceptors (Lipinski definition) is 4. The van der Waals surface area contributed by atoms with E-state index in [-0.39, 0.29) is 6.04 Å². The molecule has 0 amide bonds. The van der Waals surface area contributed by atoms with E-state index in [9.17, 15) is 8.42 Å². The summed E-state index contributed by atoms with van der Waals surface area (Å²) in [5, 5.41) is 3.42. The highest BCUT2D eigenvalue weighted by molar-refractivity contribution is 9.11. The Hall–Kier alpha value is 0.0500. The summed E-state index contributed by atoms with van der Waals surface area (Å²) < 4.78 is 27.6. The average molecular weight is 395 g/mol. The fourth-order valence-corrected chi connectivity index (χ4v) is 6.16. The van der Waals surface area contributed by atoms with E-state index in [4.69, 9.17) is 0 Å². The van der Waals surface area contributed by atoms with Crippen molar-refractivity contribution in [1.82, 2.24) is 9.62 Å². The summed E-state index contributed by atoms with van der Waals surface area (Å²) in [7, 11) is -1.76. The topological polar surface area (TPSA) is 49.4 Å². The summed E-state index contributed by atoms with van der Waals surface area (Å²) in [6, 6.07) is 2.44. The van der Waals surface area contributed by atoms with Crippen molar-refractivity contribution in [3.8, 4) is 0 Å². The minimum Gasteiger partial charge on any atom is -0.309 e. The molecule has 1 aliphatic carbocycles. The Morgan fingerprint density at radius 3 is 2.76 bits per heavy atom. The molecular weight excluding hydrogens is 372 g/mol. The van der Waals surface area contributed by atoms with Crippen LogP contribution in [0.25, 0.3) is 0 Å². The van der Waals surface area contributed by atoms with E-state index in [1.54, 1.807) is 13.1 Å². The van der Waals surface area contributed by atoms with Crippen molar-refractivity contribution in [3.05, 3.63) is 14.7 Å². The Morgan fingerprint density at radius 1 is 1.52 bits per heavy atom. The van der Waals surface area contributed by atoms with Crippen molar-refractivity contribution < 1.29 is 8.42 Å². The first kappa shape index (κ1) is 17.4. The van der Waals surface area contributed by atoms with Crippen LogP contribution in [0.3, 0.4) is 0 Å². The van der Waals surface area contributed by atoms with E-state index in [1.165, 1.54) is 28.5 Å². The standard InChI is InChI=1S/C14H23BrN2O2S2/c1-4-5-10(2)17(3)21(18,19)13-8-12(20-14(13)15)9-16-11-6-7-11/h8,10-11,16H,4-7,9H2,1-3H3. The van der Waals surface area contributed by atoms with Crippen LogP contribution in [0.2, 0.25) is 0 Å². The Kier molecular flexibility index (Phi) is 5.87. The lowest BCUT2D eigenvalue weighted by Gasteiger charge is -2.23. The van der Waals surface area contributed by atoms with Gasteiger partial charge in [0.05, 0.1) is 3.79 Å². The number of halogens is 1. The van der Waals surface area contributed by atoms with Gasteiger partial charge < -0.3 is 5.32 Å². The number of nitrogens with one attached hydrogen (secondary N) is 1. The van der Waals surface area contributed by atoms with E-state index in [0.29, 0.717) is 14.7 Å². The molecule has 1 unspecified atom stereocenters. The number of rotatable bonds is 8. The summed E-state index contributed by atoms with van der Waals surface area (Å²) in [6.07, 6.45) is 4.31. The van der Waals surface area contributed by atoms with Crippen LogP contribution in [0.15, 0.2) is 14.7 Å². The summed E-state index contributed by atoms with van der Waals surface area (Å²) in [5.74, 6) is 0. The quantitative estimate of drug-likeness (QED) is 0.732. The van der Waals surface area contributed by atoms with Gasteiger partial charge in [0.15, 0.2) is 0 Å². The molecule has 7 heteroatoms. The first-order chi connectivity index (χ1) is 9.86. The van der Waals surface area contributed by atoms with Crippen LogP contribution in [-0.2, 0) is 16.6 Å². The Labute approximate surface area is 140 Å². The predicted molar refractivity (Wildman–Crippen MR) is 91.2 cm³/mol. The maximum atomic E-state index is 12.7. The number of sulfonamides is 1. The van der Waals surface area contributed by atoms with Gasteiger partial charge in [0.2, 0.25) is 10.0 Å². The van der Waals surface area contributed by atoms with Crippen LogP contribution in [0.4, 0.5) is 0 Å². The fraction of sp³-hybridized carbons (Fsp3) is 0.714. The molecule has 1 N–H and O–H groups in total. The molecule has 1 aromatic rings. The van der Waals surface area contributed by atoms with Gasteiger partial charge in [-0.3, -0.25) is 0 Å². The van der Waals surface area contributed by atoms with E-state index < -0.39 is 10.0 Å². The second kappa shape index (κ2) is 7.08. The van der Waals surface area contributed by atoms with Crippen LogP contribution < -0.4 is 5.32 Å². The van der Waals surface area contributed by atoms with Gasteiger partial charge in [-0.1, -0.05) is 13.3 Å². The molecule has 0 aromatic carbocycles. The van der Waals surface area contributed by atoms with E-state index >= 15 is 0 Å². The first-order valence-electron chi connectivity index (χ1n) is 7.36. The van der Waals surface area contributed by atoms with Crippen LogP contribution in [0.1, 0.15) is 44.4 Å². The van der Waals surface area contributed by atoms with E-state index in [1.807, 2.05) is 6.92 Å². The lowest BCUT2D eigenvalue weighted by atomic mass is 10.2. The molecule has 120 valence electrons. The zero-order valence-corrected chi connectivity index (χ0v) is 15.9. The van der Waals surface area contributed by atoms with Crippen molar-refractivity contribution >= 4 is 37.3 Å². The van der Waals surface area contributed by atoms with Gasteiger partial charge in [0.25, 0.3) is 0 Å². The van der Waals surface area contributed by atoms with Gasteiger partial charge in [-0.05, 0) is 48.2 Å². The van der Waals surface area contributed by atoms with Crippen LogP contribution in [-0.4, -0.2) is 31.9 Å². The highest BCUT2D eigenvalue weighted by atomic mass is 79.9. The van der Waals surface area contributed by atoms with Gasteiger partial charge in [-0.2, -0.15) is 4.31 Å². The second-order valence-electron chi connectivity index (χ2n) is 5.66. The third-order valence-electron chi connectivity index (χ3n) is 3.83. The molecule has 0 radical (unpaired) electrons. The van der Waals surface area contributed by atoms with Crippen molar-refractivity contribution in [3.63, 3.8) is 0 Å². The van der Waals surface area contributed by atoms with Gasteiger partial charge in [-0.15, -0.1) is 11.3 Å². The molecule has 21 heavy (non-hydrogen) atoms.